The summed E-state index contributed by atoms with van der Waals surface area (Å²) in [5.41, 5.74) is 0. The van der Waals surface area contributed by atoms with Gasteiger partial charge in [-0.2, -0.15) is 0 Å². The van der Waals surface area contributed by atoms with Gasteiger partial charge in [0.1, 0.15) is 0 Å². The lowest BCUT2D eigenvalue weighted by atomic mass is 10.1. The molecule has 1 aliphatic rings. The van der Waals surface area contributed by atoms with Gasteiger partial charge in [-0.1, -0.05) is 11.6 Å². The molecule has 1 aliphatic carbocycles. The molecule has 0 saturated heterocycles. The van der Waals surface area contributed by atoms with Crippen LogP contribution in [0.1, 0.15) is 0 Å². The molecule has 0 aromatic heterocycles. The molecule has 0 saturated carbocycles. The number of hydrogen-bond donors (Lipinski definition) is 0. The van der Waals surface area contributed by atoms with Crippen LogP contribution < -0.4 is 0 Å². The van der Waals surface area contributed by atoms with Crippen molar-refractivity contribution in [1.82, 2.24) is 0 Å². The van der Waals surface area contributed by atoms with Crippen LogP contribution in [0.5, 0.6) is 0 Å². The molecule has 0 bridgehead atoms. The SMILES string of the molecule is FC1=C(F)[C@@H](F)[C@](F)(Cl)C(F)=C1F. The van der Waals surface area contributed by atoms with Crippen LogP contribution in [0.15, 0.2) is 23.3 Å². The van der Waals surface area contributed by atoms with Crippen LogP contribution in [0.3, 0.4) is 0 Å². The van der Waals surface area contributed by atoms with E-state index in [2.05, 4.69) is 11.6 Å². The van der Waals surface area contributed by atoms with E-state index in [0.29, 0.717) is 0 Å². The highest BCUT2D eigenvalue weighted by atomic mass is 35.5. The third-order valence-electron chi connectivity index (χ3n) is 1.43. The Bertz CT molecular complexity index is 304. The molecule has 0 fully saturated rings. The fourth-order valence-electron chi connectivity index (χ4n) is 0.729. The molecular formula is C6HClF6. The molecule has 1 rings (SSSR count). The van der Waals surface area contributed by atoms with E-state index in [1.54, 1.807) is 0 Å². The van der Waals surface area contributed by atoms with Gasteiger partial charge >= 0.3 is 0 Å². The first-order valence-electron chi connectivity index (χ1n) is 2.93. The molecule has 0 amide bonds. The van der Waals surface area contributed by atoms with Gasteiger partial charge in [0.2, 0.25) is 6.17 Å². The van der Waals surface area contributed by atoms with Gasteiger partial charge in [-0.3, -0.25) is 0 Å². The van der Waals surface area contributed by atoms with Crippen molar-refractivity contribution in [1.29, 1.82) is 0 Å². The second kappa shape index (κ2) is 2.94. The summed E-state index contributed by atoms with van der Waals surface area (Å²) in [5.74, 6) is -9.75. The van der Waals surface area contributed by atoms with Gasteiger partial charge in [0.05, 0.1) is 0 Å². The zero-order chi connectivity index (χ0) is 10.4. The Labute approximate surface area is 73.5 Å². The van der Waals surface area contributed by atoms with Crippen molar-refractivity contribution in [2.75, 3.05) is 0 Å². The zero-order valence-electron chi connectivity index (χ0n) is 5.72. The fourth-order valence-corrected chi connectivity index (χ4v) is 0.908. The highest BCUT2D eigenvalue weighted by Crippen LogP contribution is 2.46. The molecule has 0 spiro atoms. The normalized spacial score (nSPS) is 35.8. The first kappa shape index (κ1) is 10.4. The molecule has 0 nitrogen and oxygen atoms in total. The Hall–Kier alpha value is -0.650. The standard InChI is InChI=1S/C6HClF6/c7-6(13)4(11)2(9)1(8)3(10)5(6)12/h4H/t4-,6-/m1/s1. The summed E-state index contributed by atoms with van der Waals surface area (Å²) < 4.78 is 74.0. The molecule has 0 radical (unpaired) electrons. The molecule has 0 unspecified atom stereocenters. The third-order valence-corrected chi connectivity index (χ3v) is 1.79. The maximum atomic E-state index is 12.6. The van der Waals surface area contributed by atoms with Gasteiger partial charge in [-0.15, -0.1) is 0 Å². The van der Waals surface area contributed by atoms with E-state index in [-0.39, 0.29) is 0 Å². The molecule has 13 heavy (non-hydrogen) atoms. The first-order chi connectivity index (χ1) is 5.80. The average Bonchev–Trinajstić information content (AvgIpc) is 2.09. The van der Waals surface area contributed by atoms with Crippen molar-refractivity contribution in [3.05, 3.63) is 23.3 Å². The van der Waals surface area contributed by atoms with Gasteiger partial charge in [-0.25, -0.2) is 26.3 Å². The summed E-state index contributed by atoms with van der Waals surface area (Å²) in [5, 5.41) is -4.01. The summed E-state index contributed by atoms with van der Waals surface area (Å²) in [7, 11) is 0. The van der Waals surface area contributed by atoms with Crippen LogP contribution in [0.4, 0.5) is 26.3 Å². The predicted molar refractivity (Wildman–Crippen MR) is 33.1 cm³/mol. The Morgan fingerprint density at radius 3 is 2.00 bits per heavy atom. The fraction of sp³-hybridized carbons (Fsp3) is 0.333. The van der Waals surface area contributed by atoms with E-state index < -0.39 is 34.6 Å². The van der Waals surface area contributed by atoms with Gasteiger partial charge in [0, 0.05) is 0 Å². The maximum absolute atomic E-state index is 12.6. The minimum Gasteiger partial charge on any atom is -0.234 e. The van der Waals surface area contributed by atoms with E-state index in [1.165, 1.54) is 0 Å². The quantitative estimate of drug-likeness (QED) is 0.434. The minimum absolute atomic E-state index is 2.39. The number of hydrogen-bond acceptors (Lipinski definition) is 0. The van der Waals surface area contributed by atoms with Crippen LogP contribution in [0, 0.1) is 0 Å². The van der Waals surface area contributed by atoms with Crippen LogP contribution >= 0.6 is 11.6 Å². The molecule has 0 aromatic rings. The van der Waals surface area contributed by atoms with E-state index >= 15 is 0 Å². The lowest BCUT2D eigenvalue weighted by molar-refractivity contribution is 0.126. The molecule has 0 aliphatic heterocycles. The van der Waals surface area contributed by atoms with Crippen LogP contribution in [0.25, 0.3) is 0 Å². The second-order valence-electron chi connectivity index (χ2n) is 2.28. The van der Waals surface area contributed by atoms with E-state index in [9.17, 15) is 26.3 Å². The van der Waals surface area contributed by atoms with Crippen LogP contribution in [0.2, 0.25) is 0 Å². The number of halogens is 7. The van der Waals surface area contributed by atoms with E-state index in [0.717, 1.165) is 0 Å². The lowest BCUT2D eigenvalue weighted by Gasteiger charge is -2.23. The number of alkyl halides is 3. The van der Waals surface area contributed by atoms with Gasteiger partial charge in [0.15, 0.2) is 23.3 Å². The van der Waals surface area contributed by atoms with E-state index in [1.807, 2.05) is 0 Å². The Kier molecular flexibility index (Phi) is 2.36. The third kappa shape index (κ3) is 1.33. The summed E-state index contributed by atoms with van der Waals surface area (Å²) in [6.07, 6.45) is -3.38. The van der Waals surface area contributed by atoms with E-state index in [4.69, 9.17) is 0 Å². The highest BCUT2D eigenvalue weighted by Gasteiger charge is 2.52. The Morgan fingerprint density at radius 1 is 1.08 bits per heavy atom. The van der Waals surface area contributed by atoms with Gasteiger partial charge in [-0.05, 0) is 0 Å². The lowest BCUT2D eigenvalue weighted by Crippen LogP contribution is -2.34. The largest absolute Gasteiger partial charge is 0.275 e. The van der Waals surface area contributed by atoms with Crippen molar-refractivity contribution in [3.63, 3.8) is 0 Å². The molecule has 2 atom stereocenters. The van der Waals surface area contributed by atoms with Crippen LogP contribution in [-0.2, 0) is 0 Å². The zero-order valence-corrected chi connectivity index (χ0v) is 6.48. The molecular weight excluding hydrogens is 222 g/mol. The van der Waals surface area contributed by atoms with Gasteiger partial charge in [0.25, 0.3) is 5.13 Å². The average molecular weight is 223 g/mol. The Morgan fingerprint density at radius 2 is 1.54 bits per heavy atom. The van der Waals surface area contributed by atoms with Crippen LogP contribution in [-0.4, -0.2) is 11.3 Å². The van der Waals surface area contributed by atoms with Crippen molar-refractivity contribution in [2.45, 2.75) is 11.3 Å². The summed E-state index contributed by atoms with van der Waals surface area (Å²) in [6.45, 7) is 0. The Balaban J connectivity index is 3.32. The smallest absolute Gasteiger partial charge is 0.234 e. The first-order valence-corrected chi connectivity index (χ1v) is 3.31. The monoisotopic (exact) mass is 222 g/mol. The van der Waals surface area contributed by atoms with Crippen molar-refractivity contribution in [3.8, 4) is 0 Å². The van der Waals surface area contributed by atoms with Gasteiger partial charge < -0.3 is 0 Å². The highest BCUT2D eigenvalue weighted by molar-refractivity contribution is 6.25. The summed E-state index contributed by atoms with van der Waals surface area (Å²) in [4.78, 5) is 0. The van der Waals surface area contributed by atoms with Crippen molar-refractivity contribution >= 4 is 11.6 Å². The number of allylic oxidation sites excluding steroid dienone is 4. The molecule has 0 N–H and O–H groups in total. The molecule has 0 heterocycles. The minimum atomic E-state index is -4.01. The molecule has 74 valence electrons. The maximum Gasteiger partial charge on any atom is 0.275 e. The number of rotatable bonds is 0. The summed E-state index contributed by atoms with van der Waals surface area (Å²) in [6, 6.07) is 0. The topological polar surface area (TPSA) is 0 Å². The molecule has 7 heteroatoms. The summed E-state index contributed by atoms with van der Waals surface area (Å²) >= 11 is 4.47. The molecule has 0 aromatic carbocycles. The second-order valence-corrected chi connectivity index (χ2v) is 2.83. The van der Waals surface area contributed by atoms with Crippen molar-refractivity contribution in [2.24, 2.45) is 0 Å². The van der Waals surface area contributed by atoms with Crippen molar-refractivity contribution < 1.29 is 26.3 Å². The predicted octanol–water partition coefficient (Wildman–Crippen LogP) is 3.54.